The van der Waals surface area contributed by atoms with Crippen LogP contribution in [0.2, 0.25) is 10.0 Å². The van der Waals surface area contributed by atoms with Crippen LogP contribution in [0.4, 0.5) is 5.69 Å². The molecule has 0 spiro atoms. The minimum Gasteiger partial charge on any atom is -0.319 e. The maximum Gasteiger partial charge on any atom is 0.295 e. The highest BCUT2D eigenvalue weighted by molar-refractivity contribution is 9.10. The quantitative estimate of drug-likeness (QED) is 0.369. The molecule has 1 N–H and O–H groups in total. The van der Waals surface area contributed by atoms with Gasteiger partial charge in [-0.05, 0) is 72.8 Å². The highest BCUT2D eigenvalue weighted by Gasteiger charge is 2.19. The molecule has 29 heavy (non-hydrogen) atoms. The van der Waals surface area contributed by atoms with Gasteiger partial charge in [-0.2, -0.15) is 0 Å². The zero-order chi connectivity index (χ0) is 20.4. The third-order valence-electron chi connectivity index (χ3n) is 4.09. The fraction of sp³-hybridized carbons (Fsp3) is 0. The molecule has 1 heterocycles. The lowest BCUT2D eigenvalue weighted by atomic mass is 10.2. The molecule has 4 rings (SSSR count). The van der Waals surface area contributed by atoms with Crippen LogP contribution in [0.15, 0.2) is 77.3 Å². The molecule has 0 bridgehead atoms. The monoisotopic (exact) mass is 486 g/mol. The van der Waals surface area contributed by atoms with Gasteiger partial charge in [0.05, 0.1) is 5.69 Å². The summed E-state index contributed by atoms with van der Waals surface area (Å²) < 4.78 is 2.53. The van der Waals surface area contributed by atoms with Crippen LogP contribution in [-0.2, 0) is 0 Å². The van der Waals surface area contributed by atoms with Gasteiger partial charge in [-0.3, -0.25) is 4.79 Å². The van der Waals surface area contributed by atoms with Gasteiger partial charge >= 0.3 is 0 Å². The van der Waals surface area contributed by atoms with Crippen LogP contribution in [0.3, 0.4) is 0 Å². The maximum atomic E-state index is 12.7. The van der Waals surface area contributed by atoms with E-state index in [9.17, 15) is 4.79 Å². The second-order valence-electron chi connectivity index (χ2n) is 6.12. The molecule has 5 nitrogen and oxygen atoms in total. The summed E-state index contributed by atoms with van der Waals surface area (Å²) in [6, 6.07) is 21.6. The molecule has 0 saturated heterocycles. The molecule has 1 aromatic heterocycles. The maximum absolute atomic E-state index is 12.7. The molecule has 0 radical (unpaired) electrons. The van der Waals surface area contributed by atoms with Gasteiger partial charge in [-0.1, -0.05) is 39.1 Å². The molecule has 0 atom stereocenters. The molecule has 0 aliphatic rings. The number of hydrogen-bond donors (Lipinski definition) is 1. The number of aromatic nitrogens is 3. The first-order valence-electron chi connectivity index (χ1n) is 8.55. The number of nitrogens with one attached hydrogen (secondary N) is 1. The van der Waals surface area contributed by atoms with Crippen molar-refractivity contribution in [1.82, 2.24) is 14.8 Å². The van der Waals surface area contributed by atoms with E-state index in [1.54, 1.807) is 41.1 Å². The van der Waals surface area contributed by atoms with Crippen molar-refractivity contribution in [3.63, 3.8) is 0 Å². The van der Waals surface area contributed by atoms with Crippen LogP contribution in [0, 0.1) is 0 Å². The van der Waals surface area contributed by atoms with Gasteiger partial charge in [-0.25, -0.2) is 9.67 Å². The molecular formula is C21H13BrCl2N4O. The standard InChI is InChI=1S/C21H13BrCl2N4O/c22-14-3-9-17(10-4-14)25-21(29)19-26-20(13-1-5-15(23)6-2-13)28(27-19)18-11-7-16(24)8-12-18/h1-12H,(H,25,29). The van der Waals surface area contributed by atoms with E-state index in [4.69, 9.17) is 23.2 Å². The van der Waals surface area contributed by atoms with E-state index >= 15 is 0 Å². The molecule has 4 aromatic rings. The smallest absolute Gasteiger partial charge is 0.295 e. The van der Waals surface area contributed by atoms with E-state index in [1.807, 2.05) is 36.4 Å². The Bertz CT molecular complexity index is 1090. The number of carbonyl (C=O) groups is 1. The van der Waals surface area contributed by atoms with Gasteiger partial charge in [0.2, 0.25) is 5.82 Å². The highest BCUT2D eigenvalue weighted by atomic mass is 79.9. The lowest BCUT2D eigenvalue weighted by Gasteiger charge is -2.06. The van der Waals surface area contributed by atoms with Crippen molar-refractivity contribution in [1.29, 1.82) is 0 Å². The predicted molar refractivity (Wildman–Crippen MR) is 119 cm³/mol. The molecule has 0 aliphatic carbocycles. The lowest BCUT2D eigenvalue weighted by Crippen LogP contribution is -2.14. The molecular weight excluding hydrogens is 475 g/mol. The summed E-state index contributed by atoms with van der Waals surface area (Å²) in [6.07, 6.45) is 0. The van der Waals surface area contributed by atoms with Crippen molar-refractivity contribution >= 4 is 50.7 Å². The molecule has 3 aromatic carbocycles. The van der Waals surface area contributed by atoms with E-state index in [2.05, 4.69) is 31.3 Å². The molecule has 0 unspecified atom stereocenters. The molecule has 144 valence electrons. The Morgan fingerprint density at radius 3 is 2.07 bits per heavy atom. The SMILES string of the molecule is O=C(Nc1ccc(Br)cc1)c1nc(-c2ccc(Cl)cc2)n(-c2ccc(Cl)cc2)n1. The molecule has 0 fully saturated rings. The Morgan fingerprint density at radius 1 is 0.862 bits per heavy atom. The van der Waals surface area contributed by atoms with Crippen LogP contribution >= 0.6 is 39.1 Å². The van der Waals surface area contributed by atoms with Crippen molar-refractivity contribution in [3.8, 4) is 17.1 Å². The van der Waals surface area contributed by atoms with Crippen LogP contribution in [0.1, 0.15) is 10.6 Å². The third-order valence-corrected chi connectivity index (χ3v) is 5.12. The average molecular weight is 488 g/mol. The zero-order valence-corrected chi connectivity index (χ0v) is 17.9. The van der Waals surface area contributed by atoms with Crippen LogP contribution in [-0.4, -0.2) is 20.7 Å². The Kier molecular flexibility index (Phi) is 5.67. The van der Waals surface area contributed by atoms with Crippen LogP contribution in [0.25, 0.3) is 17.1 Å². The average Bonchev–Trinajstić information content (AvgIpc) is 3.16. The van der Waals surface area contributed by atoms with Crippen LogP contribution in [0.5, 0.6) is 0 Å². The second kappa shape index (κ2) is 8.37. The minimum absolute atomic E-state index is 0.0489. The normalized spacial score (nSPS) is 10.7. The van der Waals surface area contributed by atoms with E-state index < -0.39 is 5.91 Å². The fourth-order valence-corrected chi connectivity index (χ4v) is 3.19. The van der Waals surface area contributed by atoms with Crippen molar-refractivity contribution in [2.45, 2.75) is 0 Å². The number of nitrogens with zero attached hydrogens (tertiary/aromatic N) is 3. The van der Waals surface area contributed by atoms with E-state index in [0.29, 0.717) is 21.6 Å². The summed E-state index contributed by atoms with van der Waals surface area (Å²) in [7, 11) is 0. The van der Waals surface area contributed by atoms with Gasteiger partial charge in [0.1, 0.15) is 0 Å². The van der Waals surface area contributed by atoms with Crippen molar-refractivity contribution < 1.29 is 4.79 Å². The number of anilines is 1. The summed E-state index contributed by atoms with van der Waals surface area (Å²) in [5, 5.41) is 8.45. The van der Waals surface area contributed by atoms with E-state index in [1.165, 1.54) is 0 Å². The second-order valence-corrected chi connectivity index (χ2v) is 7.90. The Morgan fingerprint density at radius 2 is 1.45 bits per heavy atom. The summed E-state index contributed by atoms with van der Waals surface area (Å²) in [6.45, 7) is 0. The van der Waals surface area contributed by atoms with E-state index in [0.717, 1.165) is 15.7 Å². The fourth-order valence-electron chi connectivity index (χ4n) is 2.68. The Labute approximate surface area is 185 Å². The topological polar surface area (TPSA) is 59.8 Å². The number of rotatable bonds is 4. The largest absolute Gasteiger partial charge is 0.319 e. The zero-order valence-electron chi connectivity index (χ0n) is 14.8. The summed E-state index contributed by atoms with van der Waals surface area (Å²) in [5.41, 5.74) is 2.16. The van der Waals surface area contributed by atoms with Crippen molar-refractivity contribution in [2.75, 3.05) is 5.32 Å². The van der Waals surface area contributed by atoms with Crippen LogP contribution < -0.4 is 5.32 Å². The lowest BCUT2D eigenvalue weighted by molar-refractivity contribution is 0.101. The van der Waals surface area contributed by atoms with E-state index in [-0.39, 0.29) is 5.82 Å². The first kappa shape index (κ1) is 19.6. The first-order chi connectivity index (χ1) is 14.0. The van der Waals surface area contributed by atoms with Crippen molar-refractivity contribution in [2.24, 2.45) is 0 Å². The predicted octanol–water partition coefficient (Wildman–Crippen LogP) is 6.26. The number of hydrogen-bond acceptors (Lipinski definition) is 3. The van der Waals surface area contributed by atoms with Gasteiger partial charge in [0, 0.05) is 25.8 Å². The molecule has 0 saturated carbocycles. The number of amides is 1. The first-order valence-corrected chi connectivity index (χ1v) is 10.1. The third kappa shape index (κ3) is 4.50. The van der Waals surface area contributed by atoms with Crippen molar-refractivity contribution in [3.05, 3.63) is 93.1 Å². The summed E-state index contributed by atoms with van der Waals surface area (Å²) in [4.78, 5) is 17.2. The summed E-state index contributed by atoms with van der Waals surface area (Å²) in [5.74, 6) is 0.160. The number of benzene rings is 3. The summed E-state index contributed by atoms with van der Waals surface area (Å²) >= 11 is 15.4. The van der Waals surface area contributed by atoms with Gasteiger partial charge < -0.3 is 5.32 Å². The van der Waals surface area contributed by atoms with Gasteiger partial charge in [0.25, 0.3) is 5.91 Å². The number of carbonyl (C=O) groups excluding carboxylic acids is 1. The number of halogens is 3. The minimum atomic E-state index is -0.407. The van der Waals surface area contributed by atoms with Gasteiger partial charge in [0.15, 0.2) is 5.82 Å². The highest BCUT2D eigenvalue weighted by Crippen LogP contribution is 2.24. The Balaban J connectivity index is 1.74. The molecule has 8 heteroatoms. The Hall–Kier alpha value is -2.67. The molecule has 1 amide bonds. The van der Waals surface area contributed by atoms with Gasteiger partial charge in [-0.15, -0.1) is 5.10 Å². The molecule has 0 aliphatic heterocycles.